The van der Waals surface area contributed by atoms with Crippen LogP contribution in [0.1, 0.15) is 5.56 Å². The van der Waals surface area contributed by atoms with Gasteiger partial charge in [-0.2, -0.15) is 5.26 Å². The topological polar surface area (TPSA) is 45.9 Å². The number of nitrogens with zero attached hydrogens (tertiary/aromatic N) is 2. The molecule has 6 heteroatoms. The molecule has 124 valence electrons. The van der Waals surface area contributed by atoms with E-state index in [0.29, 0.717) is 17.3 Å². The first-order chi connectivity index (χ1) is 12.2. The molecule has 0 fully saturated rings. The SMILES string of the molecule is C=CCOc1ccc(Br)cc1/C=C(\C#N)Sc1nc2ccccc2s1. The Labute approximate surface area is 162 Å². The third kappa shape index (κ3) is 4.51. The van der Waals surface area contributed by atoms with E-state index in [2.05, 4.69) is 33.6 Å². The first-order valence-electron chi connectivity index (χ1n) is 7.38. The van der Waals surface area contributed by atoms with Gasteiger partial charge in [-0.3, -0.25) is 0 Å². The first kappa shape index (κ1) is 17.7. The van der Waals surface area contributed by atoms with Crippen molar-refractivity contribution in [3.8, 4) is 11.8 Å². The van der Waals surface area contributed by atoms with Crippen LogP contribution in [0, 0.1) is 11.3 Å². The van der Waals surface area contributed by atoms with E-state index in [1.807, 2.05) is 48.5 Å². The van der Waals surface area contributed by atoms with Crippen LogP contribution in [0.4, 0.5) is 0 Å². The molecule has 0 unspecified atom stereocenters. The van der Waals surface area contributed by atoms with Crippen LogP contribution in [-0.4, -0.2) is 11.6 Å². The molecule has 0 radical (unpaired) electrons. The summed E-state index contributed by atoms with van der Waals surface area (Å²) in [6.45, 7) is 4.08. The number of hydrogen-bond acceptors (Lipinski definition) is 5. The Kier molecular flexibility index (Phi) is 5.92. The average Bonchev–Trinajstić information content (AvgIpc) is 3.02. The Morgan fingerprint density at radius 3 is 2.96 bits per heavy atom. The molecule has 3 nitrogen and oxygen atoms in total. The van der Waals surface area contributed by atoms with Crippen molar-refractivity contribution in [1.82, 2.24) is 4.98 Å². The quantitative estimate of drug-likeness (QED) is 0.263. The predicted molar refractivity (Wildman–Crippen MR) is 109 cm³/mol. The summed E-state index contributed by atoms with van der Waals surface area (Å²) in [7, 11) is 0. The standard InChI is InChI=1S/C19H13BrN2OS2/c1-2-9-23-17-8-7-14(20)10-13(17)11-15(12-21)24-19-22-16-5-3-4-6-18(16)25-19/h2-8,10-11H,1,9H2/b15-11+. The number of halogens is 1. The summed E-state index contributed by atoms with van der Waals surface area (Å²) in [5, 5.41) is 9.53. The number of aromatic nitrogens is 1. The molecule has 0 aliphatic carbocycles. The fourth-order valence-corrected chi connectivity index (χ4v) is 4.47. The van der Waals surface area contributed by atoms with E-state index in [4.69, 9.17) is 4.74 Å². The summed E-state index contributed by atoms with van der Waals surface area (Å²) in [5.41, 5.74) is 1.78. The molecule has 0 aliphatic heterocycles. The molecule has 2 aromatic carbocycles. The van der Waals surface area contributed by atoms with E-state index in [-0.39, 0.29) is 0 Å². The monoisotopic (exact) mass is 428 g/mol. The highest BCUT2D eigenvalue weighted by atomic mass is 79.9. The van der Waals surface area contributed by atoms with Gasteiger partial charge in [0, 0.05) is 10.0 Å². The molecule has 0 saturated carbocycles. The van der Waals surface area contributed by atoms with Gasteiger partial charge in [-0.15, -0.1) is 11.3 Å². The molecule has 1 heterocycles. The van der Waals surface area contributed by atoms with Crippen molar-refractivity contribution in [2.75, 3.05) is 6.61 Å². The second kappa shape index (κ2) is 8.34. The zero-order valence-corrected chi connectivity index (χ0v) is 16.3. The Hall–Kier alpha value is -2.07. The Bertz CT molecular complexity index is 955. The Morgan fingerprint density at radius 1 is 1.36 bits per heavy atom. The molecule has 0 saturated heterocycles. The van der Waals surface area contributed by atoms with Crippen molar-refractivity contribution >= 4 is 55.3 Å². The lowest BCUT2D eigenvalue weighted by Gasteiger charge is -2.08. The van der Waals surface area contributed by atoms with Gasteiger partial charge in [0.25, 0.3) is 0 Å². The third-order valence-electron chi connectivity index (χ3n) is 3.20. The maximum absolute atomic E-state index is 9.53. The first-order valence-corrected chi connectivity index (χ1v) is 9.80. The van der Waals surface area contributed by atoms with Gasteiger partial charge in [-0.25, -0.2) is 4.98 Å². The van der Waals surface area contributed by atoms with Gasteiger partial charge in [0.05, 0.1) is 15.1 Å². The highest BCUT2D eigenvalue weighted by Gasteiger charge is 2.09. The summed E-state index contributed by atoms with van der Waals surface area (Å²) < 4.78 is 8.55. The molecule has 1 aromatic heterocycles. The predicted octanol–water partition coefficient (Wildman–Crippen LogP) is 6.28. The molecule has 3 rings (SSSR count). The fraction of sp³-hybridized carbons (Fsp3) is 0.0526. The van der Waals surface area contributed by atoms with Crippen LogP contribution in [0.3, 0.4) is 0 Å². The second-order valence-corrected chi connectivity index (χ2v) is 8.19. The Morgan fingerprint density at radius 2 is 2.20 bits per heavy atom. The van der Waals surface area contributed by atoms with E-state index in [1.165, 1.54) is 11.8 Å². The van der Waals surface area contributed by atoms with Crippen LogP contribution in [0.15, 0.2) is 68.8 Å². The van der Waals surface area contributed by atoms with Gasteiger partial charge in [-0.05, 0) is 48.2 Å². The van der Waals surface area contributed by atoms with Crippen molar-refractivity contribution in [3.63, 3.8) is 0 Å². The summed E-state index contributed by atoms with van der Waals surface area (Å²) in [6.07, 6.45) is 3.51. The smallest absolute Gasteiger partial charge is 0.156 e. The van der Waals surface area contributed by atoms with E-state index >= 15 is 0 Å². The molecule has 0 bridgehead atoms. The maximum atomic E-state index is 9.53. The van der Waals surface area contributed by atoms with Crippen molar-refractivity contribution in [2.24, 2.45) is 0 Å². The van der Waals surface area contributed by atoms with Crippen LogP contribution in [-0.2, 0) is 0 Å². The van der Waals surface area contributed by atoms with Crippen molar-refractivity contribution in [2.45, 2.75) is 4.34 Å². The van der Waals surface area contributed by atoms with Crippen LogP contribution in [0.5, 0.6) is 5.75 Å². The van der Waals surface area contributed by atoms with E-state index in [0.717, 1.165) is 24.6 Å². The fourth-order valence-electron chi connectivity index (χ4n) is 2.13. The number of fused-ring (bicyclic) bond motifs is 1. The van der Waals surface area contributed by atoms with Gasteiger partial charge >= 0.3 is 0 Å². The van der Waals surface area contributed by atoms with E-state index in [9.17, 15) is 5.26 Å². The number of thioether (sulfide) groups is 1. The van der Waals surface area contributed by atoms with Crippen LogP contribution in [0.25, 0.3) is 16.3 Å². The van der Waals surface area contributed by atoms with Gasteiger partial charge in [0.1, 0.15) is 18.4 Å². The minimum atomic E-state index is 0.412. The molecule has 25 heavy (non-hydrogen) atoms. The number of benzene rings is 2. The Balaban J connectivity index is 1.91. The van der Waals surface area contributed by atoms with E-state index < -0.39 is 0 Å². The molecular formula is C19H13BrN2OS2. The number of rotatable bonds is 6. The maximum Gasteiger partial charge on any atom is 0.156 e. The lowest BCUT2D eigenvalue weighted by Crippen LogP contribution is -1.95. The molecule has 0 aliphatic rings. The van der Waals surface area contributed by atoms with Crippen LogP contribution >= 0.6 is 39.0 Å². The summed E-state index contributed by atoms with van der Waals surface area (Å²) in [4.78, 5) is 5.12. The molecular weight excluding hydrogens is 416 g/mol. The third-order valence-corrected chi connectivity index (χ3v) is 5.72. The number of thiazole rings is 1. The molecule has 0 amide bonds. The van der Waals surface area contributed by atoms with Crippen molar-refractivity contribution in [1.29, 1.82) is 5.26 Å². The second-order valence-electron chi connectivity index (χ2n) is 4.95. The summed E-state index contributed by atoms with van der Waals surface area (Å²) in [6, 6.07) is 15.9. The number of para-hydroxylation sites is 1. The molecule has 0 atom stereocenters. The van der Waals surface area contributed by atoms with Gasteiger partial charge in [-0.1, -0.05) is 40.7 Å². The highest BCUT2D eigenvalue weighted by Crippen LogP contribution is 2.35. The zero-order chi connectivity index (χ0) is 17.6. The number of allylic oxidation sites excluding steroid dienone is 1. The van der Waals surface area contributed by atoms with Gasteiger partial charge < -0.3 is 4.74 Å². The van der Waals surface area contributed by atoms with Crippen LogP contribution in [0.2, 0.25) is 0 Å². The largest absolute Gasteiger partial charge is 0.489 e. The van der Waals surface area contributed by atoms with E-state index in [1.54, 1.807) is 17.4 Å². The normalized spacial score (nSPS) is 11.3. The van der Waals surface area contributed by atoms with Crippen LogP contribution < -0.4 is 4.74 Å². The minimum Gasteiger partial charge on any atom is -0.489 e. The molecule has 3 aromatic rings. The lowest BCUT2D eigenvalue weighted by atomic mass is 10.2. The van der Waals surface area contributed by atoms with Gasteiger partial charge in [0.15, 0.2) is 4.34 Å². The number of ether oxygens (including phenoxy) is 1. The summed E-state index contributed by atoms with van der Waals surface area (Å²) >= 11 is 6.40. The zero-order valence-electron chi connectivity index (χ0n) is 13.1. The highest BCUT2D eigenvalue weighted by molar-refractivity contribution is 9.10. The van der Waals surface area contributed by atoms with Crippen molar-refractivity contribution < 1.29 is 4.74 Å². The lowest BCUT2D eigenvalue weighted by molar-refractivity contribution is 0.362. The van der Waals surface area contributed by atoms with Crippen molar-refractivity contribution in [3.05, 3.63) is 70.1 Å². The van der Waals surface area contributed by atoms with Gasteiger partial charge in [0.2, 0.25) is 0 Å². The number of hydrogen-bond donors (Lipinski definition) is 0. The molecule has 0 N–H and O–H groups in total. The minimum absolute atomic E-state index is 0.412. The number of nitriles is 1. The average molecular weight is 429 g/mol. The summed E-state index contributed by atoms with van der Waals surface area (Å²) in [5.74, 6) is 0.709. The molecule has 0 spiro atoms.